The fraction of sp³-hybridized carbons (Fsp3) is 0.526. The van der Waals surface area contributed by atoms with Crippen molar-refractivity contribution < 1.29 is 4.74 Å². The Morgan fingerprint density at radius 2 is 1.96 bits per heavy atom. The molecule has 4 heterocycles. The van der Waals surface area contributed by atoms with Gasteiger partial charge in [0.2, 0.25) is 0 Å². The summed E-state index contributed by atoms with van der Waals surface area (Å²) in [6.45, 7) is 9.25. The van der Waals surface area contributed by atoms with Gasteiger partial charge in [0, 0.05) is 32.7 Å². The third-order valence-corrected chi connectivity index (χ3v) is 6.15. The van der Waals surface area contributed by atoms with E-state index in [2.05, 4.69) is 16.0 Å². The molecule has 28 heavy (non-hydrogen) atoms. The van der Waals surface area contributed by atoms with E-state index in [1.54, 1.807) is 15.9 Å². The number of thiophene rings is 1. The van der Waals surface area contributed by atoms with Crippen LogP contribution in [0.15, 0.2) is 21.0 Å². The van der Waals surface area contributed by atoms with Crippen LogP contribution in [0, 0.1) is 6.92 Å². The Morgan fingerprint density at radius 1 is 1.18 bits per heavy atom. The summed E-state index contributed by atoms with van der Waals surface area (Å²) in [5.41, 5.74) is 1.30. The van der Waals surface area contributed by atoms with Gasteiger partial charge in [0.15, 0.2) is 17.0 Å². The molecule has 0 spiro atoms. The van der Waals surface area contributed by atoms with Crippen molar-refractivity contribution in [2.45, 2.75) is 33.4 Å². The molecule has 0 radical (unpaired) electrons. The Balaban J connectivity index is 1.86. The van der Waals surface area contributed by atoms with Crippen molar-refractivity contribution in [2.24, 2.45) is 0 Å². The number of aromatic nitrogens is 4. The van der Waals surface area contributed by atoms with Gasteiger partial charge < -0.3 is 9.30 Å². The maximum Gasteiger partial charge on any atom is 0.330 e. The van der Waals surface area contributed by atoms with E-state index in [1.165, 1.54) is 0 Å². The quantitative estimate of drug-likeness (QED) is 0.677. The molecule has 0 bridgehead atoms. The Morgan fingerprint density at radius 3 is 2.64 bits per heavy atom. The first-order valence-corrected chi connectivity index (χ1v) is 10.6. The van der Waals surface area contributed by atoms with Crippen molar-refractivity contribution in [3.05, 3.63) is 37.8 Å². The monoisotopic (exact) mass is 403 g/mol. The maximum atomic E-state index is 12.7. The minimum atomic E-state index is -0.397. The number of hydrogen-bond donors (Lipinski definition) is 1. The second-order valence-electron chi connectivity index (χ2n) is 7.06. The lowest BCUT2D eigenvalue weighted by molar-refractivity contribution is 0.0366. The summed E-state index contributed by atoms with van der Waals surface area (Å²) in [7, 11) is 0. The van der Waals surface area contributed by atoms with E-state index in [4.69, 9.17) is 9.72 Å². The van der Waals surface area contributed by atoms with Crippen LogP contribution in [0.1, 0.15) is 18.9 Å². The molecule has 1 fully saturated rings. The molecule has 150 valence electrons. The van der Waals surface area contributed by atoms with Gasteiger partial charge in [-0.25, -0.2) is 9.78 Å². The predicted molar refractivity (Wildman–Crippen MR) is 110 cm³/mol. The number of aryl methyl sites for hydroxylation is 2. The molecular formula is C19H25N5O3S. The minimum Gasteiger partial charge on any atom is -0.379 e. The average molecular weight is 404 g/mol. The van der Waals surface area contributed by atoms with Gasteiger partial charge in [0.05, 0.1) is 18.1 Å². The fourth-order valence-corrected chi connectivity index (χ4v) is 4.59. The minimum absolute atomic E-state index is 0.373. The first-order valence-electron chi connectivity index (χ1n) is 9.68. The molecule has 3 aromatic heterocycles. The molecule has 1 N–H and O–H groups in total. The molecule has 0 amide bonds. The number of ether oxygens (including phenoxy) is 1. The zero-order chi connectivity index (χ0) is 19.7. The molecule has 1 aliphatic heterocycles. The van der Waals surface area contributed by atoms with Gasteiger partial charge in [-0.05, 0) is 30.4 Å². The highest BCUT2D eigenvalue weighted by Crippen LogP contribution is 2.30. The SMILES string of the molecule is CCCn1c(=O)[nH]c(=O)c2c1nc(-c1sccc1C)n2CCN1CCOCC1. The van der Waals surface area contributed by atoms with E-state index in [-0.39, 0.29) is 5.56 Å². The smallest absolute Gasteiger partial charge is 0.330 e. The summed E-state index contributed by atoms with van der Waals surface area (Å²) in [6.07, 6.45) is 0.787. The molecule has 0 aliphatic carbocycles. The normalized spacial score (nSPS) is 15.5. The Kier molecular flexibility index (Phi) is 5.47. The zero-order valence-electron chi connectivity index (χ0n) is 16.2. The molecule has 9 heteroatoms. The Labute approximate surface area is 166 Å². The summed E-state index contributed by atoms with van der Waals surface area (Å²) < 4.78 is 8.99. The number of rotatable bonds is 6. The lowest BCUT2D eigenvalue weighted by Gasteiger charge is -2.26. The lowest BCUT2D eigenvalue weighted by atomic mass is 10.3. The van der Waals surface area contributed by atoms with E-state index < -0.39 is 5.69 Å². The fourth-order valence-electron chi connectivity index (χ4n) is 3.66. The third-order valence-electron chi connectivity index (χ3n) is 5.14. The van der Waals surface area contributed by atoms with Crippen LogP contribution in [-0.4, -0.2) is 56.9 Å². The topological polar surface area (TPSA) is 85.2 Å². The standard InChI is InChI=1S/C19H25N5O3S/c1-3-5-24-16-14(18(25)21-19(24)26)23(7-6-22-8-10-27-11-9-22)17(20-16)15-13(2)4-12-28-15/h4,12H,3,5-11H2,1-2H3,(H,21,25,26). The molecule has 0 saturated carbocycles. The van der Waals surface area contributed by atoms with Gasteiger partial charge in [0.25, 0.3) is 5.56 Å². The van der Waals surface area contributed by atoms with Gasteiger partial charge in [-0.3, -0.25) is 19.2 Å². The van der Waals surface area contributed by atoms with Crippen LogP contribution in [0.5, 0.6) is 0 Å². The van der Waals surface area contributed by atoms with Crippen molar-refractivity contribution in [3.8, 4) is 10.7 Å². The molecule has 3 aromatic rings. The lowest BCUT2D eigenvalue weighted by Crippen LogP contribution is -2.38. The van der Waals surface area contributed by atoms with E-state index in [0.29, 0.717) is 24.3 Å². The summed E-state index contributed by atoms with van der Waals surface area (Å²) >= 11 is 1.61. The maximum absolute atomic E-state index is 12.7. The van der Waals surface area contributed by atoms with E-state index in [0.717, 1.165) is 55.5 Å². The molecule has 4 rings (SSSR count). The van der Waals surface area contributed by atoms with Crippen LogP contribution in [0.3, 0.4) is 0 Å². The van der Waals surface area contributed by atoms with Gasteiger partial charge in [-0.1, -0.05) is 6.92 Å². The van der Waals surface area contributed by atoms with Crippen LogP contribution >= 0.6 is 11.3 Å². The van der Waals surface area contributed by atoms with Crippen molar-refractivity contribution >= 4 is 22.5 Å². The van der Waals surface area contributed by atoms with Crippen molar-refractivity contribution in [3.63, 3.8) is 0 Å². The predicted octanol–water partition coefficient (Wildman–Crippen LogP) is 1.67. The molecule has 1 saturated heterocycles. The largest absolute Gasteiger partial charge is 0.379 e. The summed E-state index contributed by atoms with van der Waals surface area (Å²) in [5, 5.41) is 2.03. The van der Waals surface area contributed by atoms with Crippen LogP contribution in [0.4, 0.5) is 0 Å². The Hall–Kier alpha value is -2.23. The molecule has 1 aliphatic rings. The molecule has 0 aromatic carbocycles. The van der Waals surface area contributed by atoms with Crippen molar-refractivity contribution in [1.29, 1.82) is 0 Å². The second-order valence-corrected chi connectivity index (χ2v) is 7.97. The first kappa shape index (κ1) is 19.1. The zero-order valence-corrected chi connectivity index (χ0v) is 17.0. The number of H-pyrrole nitrogens is 1. The van der Waals surface area contributed by atoms with Gasteiger partial charge in [-0.15, -0.1) is 11.3 Å². The van der Waals surface area contributed by atoms with E-state index in [9.17, 15) is 9.59 Å². The number of morpholine rings is 1. The van der Waals surface area contributed by atoms with Gasteiger partial charge >= 0.3 is 5.69 Å². The van der Waals surface area contributed by atoms with E-state index in [1.807, 2.05) is 23.8 Å². The van der Waals surface area contributed by atoms with Crippen molar-refractivity contribution in [1.82, 2.24) is 24.0 Å². The number of hydrogen-bond acceptors (Lipinski definition) is 6. The number of imidazole rings is 1. The van der Waals surface area contributed by atoms with Gasteiger partial charge in [0.1, 0.15) is 0 Å². The van der Waals surface area contributed by atoms with Gasteiger partial charge in [-0.2, -0.15) is 0 Å². The highest BCUT2D eigenvalue weighted by Gasteiger charge is 2.22. The van der Waals surface area contributed by atoms with Crippen LogP contribution < -0.4 is 11.2 Å². The number of nitrogens with zero attached hydrogens (tertiary/aromatic N) is 4. The summed E-state index contributed by atoms with van der Waals surface area (Å²) in [4.78, 5) is 35.7. The summed E-state index contributed by atoms with van der Waals surface area (Å²) in [6, 6.07) is 2.05. The molecule has 0 atom stereocenters. The average Bonchev–Trinajstić information content (AvgIpc) is 3.27. The van der Waals surface area contributed by atoms with Crippen LogP contribution in [-0.2, 0) is 17.8 Å². The van der Waals surface area contributed by atoms with Crippen LogP contribution in [0.25, 0.3) is 21.9 Å². The number of nitrogens with one attached hydrogen (secondary N) is 1. The number of aromatic amines is 1. The van der Waals surface area contributed by atoms with Crippen molar-refractivity contribution in [2.75, 3.05) is 32.8 Å². The van der Waals surface area contributed by atoms with E-state index >= 15 is 0 Å². The Bertz CT molecular complexity index is 1090. The second kappa shape index (κ2) is 8.02. The number of fused-ring (bicyclic) bond motifs is 1. The first-order chi connectivity index (χ1) is 13.6. The summed E-state index contributed by atoms with van der Waals surface area (Å²) in [5.74, 6) is 0.761. The molecule has 8 nitrogen and oxygen atoms in total. The molecular weight excluding hydrogens is 378 g/mol. The molecule has 0 unspecified atom stereocenters. The van der Waals surface area contributed by atoms with Crippen LogP contribution in [0.2, 0.25) is 0 Å². The highest BCUT2D eigenvalue weighted by atomic mass is 32.1. The third kappa shape index (κ3) is 3.45. The highest BCUT2D eigenvalue weighted by molar-refractivity contribution is 7.13.